The van der Waals surface area contributed by atoms with Gasteiger partial charge < -0.3 is 4.74 Å². The maximum Gasteiger partial charge on any atom is 0.323 e. The number of carbonyl (C=O) groups excluding carboxylic acids is 1. The van der Waals surface area contributed by atoms with Crippen molar-refractivity contribution in [1.82, 2.24) is 4.90 Å². The van der Waals surface area contributed by atoms with Gasteiger partial charge in [0.2, 0.25) is 0 Å². The van der Waals surface area contributed by atoms with Crippen LogP contribution in [0.3, 0.4) is 0 Å². The van der Waals surface area contributed by atoms with Gasteiger partial charge in [0.1, 0.15) is 6.04 Å². The molecule has 20 heavy (non-hydrogen) atoms. The Labute approximate surface area is 125 Å². The second-order valence-electron chi connectivity index (χ2n) is 4.93. The minimum Gasteiger partial charge on any atom is -0.465 e. The predicted molar refractivity (Wildman–Crippen MR) is 82.6 cm³/mol. The lowest BCUT2D eigenvalue weighted by molar-refractivity contribution is -0.149. The second-order valence-corrected chi connectivity index (χ2v) is 6.13. The molecule has 0 unspecified atom stereocenters. The largest absolute Gasteiger partial charge is 0.465 e. The molecule has 0 saturated heterocycles. The Hall–Kier alpha value is -1.26. The van der Waals surface area contributed by atoms with Gasteiger partial charge in [-0.3, -0.25) is 9.69 Å². The first-order valence-electron chi connectivity index (χ1n) is 6.94. The topological polar surface area (TPSA) is 29.5 Å². The third-order valence-corrected chi connectivity index (χ3v) is 4.58. The van der Waals surface area contributed by atoms with Crippen molar-refractivity contribution < 1.29 is 9.53 Å². The lowest BCUT2D eigenvalue weighted by Crippen LogP contribution is -2.46. The standard InChI is InChI=1S/C16H21NO2S/c1-4-19-16(18)15-11-14(10-12(2)17(15)3)20-13-8-6-5-7-9-13/h5-10,12,15H,4,11H2,1-3H3/t12-,15-/m0/s1. The van der Waals surface area contributed by atoms with Crippen molar-refractivity contribution in [1.29, 1.82) is 0 Å². The van der Waals surface area contributed by atoms with E-state index < -0.39 is 0 Å². The molecule has 1 aromatic rings. The molecule has 1 aliphatic heterocycles. The van der Waals surface area contributed by atoms with Gasteiger partial charge in [-0.25, -0.2) is 0 Å². The van der Waals surface area contributed by atoms with Gasteiger partial charge in [0.05, 0.1) is 6.61 Å². The van der Waals surface area contributed by atoms with Crippen LogP contribution < -0.4 is 0 Å². The van der Waals surface area contributed by atoms with Gasteiger partial charge in [0.25, 0.3) is 0 Å². The zero-order valence-corrected chi connectivity index (χ0v) is 13.0. The van der Waals surface area contributed by atoms with Gasteiger partial charge in [0.15, 0.2) is 0 Å². The van der Waals surface area contributed by atoms with Crippen molar-refractivity contribution in [2.75, 3.05) is 13.7 Å². The molecular formula is C16H21NO2S. The van der Waals surface area contributed by atoms with E-state index in [0.29, 0.717) is 6.61 Å². The van der Waals surface area contributed by atoms with Gasteiger partial charge in [-0.05, 0) is 37.9 Å². The molecular weight excluding hydrogens is 270 g/mol. The second kappa shape index (κ2) is 6.95. The summed E-state index contributed by atoms with van der Waals surface area (Å²) in [4.78, 5) is 16.6. The third-order valence-electron chi connectivity index (χ3n) is 3.51. The smallest absolute Gasteiger partial charge is 0.323 e. The van der Waals surface area contributed by atoms with E-state index in [0.717, 1.165) is 6.42 Å². The minimum atomic E-state index is -0.179. The van der Waals surface area contributed by atoms with Crippen LogP contribution in [0.1, 0.15) is 20.3 Å². The number of benzene rings is 1. The molecule has 2 rings (SSSR count). The first kappa shape index (κ1) is 15.1. The average Bonchev–Trinajstić information content (AvgIpc) is 2.44. The summed E-state index contributed by atoms with van der Waals surface area (Å²) in [6.45, 7) is 4.39. The summed E-state index contributed by atoms with van der Waals surface area (Å²) in [5.41, 5.74) is 0. The van der Waals surface area contributed by atoms with Crippen molar-refractivity contribution in [3.8, 4) is 0 Å². The van der Waals surface area contributed by atoms with Crippen LogP contribution in [0, 0.1) is 0 Å². The Bertz CT molecular complexity index is 487. The fourth-order valence-electron chi connectivity index (χ4n) is 2.28. The van der Waals surface area contributed by atoms with E-state index >= 15 is 0 Å². The number of hydrogen-bond donors (Lipinski definition) is 0. The lowest BCUT2D eigenvalue weighted by atomic mass is 10.0. The van der Waals surface area contributed by atoms with E-state index in [4.69, 9.17) is 4.74 Å². The molecule has 108 valence electrons. The molecule has 3 nitrogen and oxygen atoms in total. The van der Waals surface area contributed by atoms with Crippen molar-refractivity contribution in [2.45, 2.75) is 37.2 Å². The Balaban J connectivity index is 2.10. The molecule has 0 saturated carbocycles. The van der Waals surface area contributed by atoms with Crippen molar-refractivity contribution in [3.63, 3.8) is 0 Å². The first-order chi connectivity index (χ1) is 9.61. The molecule has 0 aromatic heterocycles. The van der Waals surface area contributed by atoms with E-state index in [-0.39, 0.29) is 18.1 Å². The highest BCUT2D eigenvalue weighted by Gasteiger charge is 2.32. The average molecular weight is 291 g/mol. The lowest BCUT2D eigenvalue weighted by Gasteiger charge is -2.35. The maximum absolute atomic E-state index is 12.1. The summed E-state index contributed by atoms with van der Waals surface area (Å²) >= 11 is 1.74. The maximum atomic E-state index is 12.1. The SMILES string of the molecule is CCOC(=O)[C@@H]1CC(Sc2ccccc2)=C[C@H](C)N1C. The zero-order chi connectivity index (χ0) is 14.5. The van der Waals surface area contributed by atoms with Crippen LogP contribution in [-0.4, -0.2) is 36.6 Å². The Kier molecular flexibility index (Phi) is 5.26. The molecule has 0 radical (unpaired) electrons. The number of rotatable bonds is 4. The Morgan fingerprint density at radius 3 is 2.75 bits per heavy atom. The van der Waals surface area contributed by atoms with Crippen LogP contribution in [0.2, 0.25) is 0 Å². The van der Waals surface area contributed by atoms with Crippen LogP contribution in [0.25, 0.3) is 0 Å². The molecule has 1 aromatic carbocycles. The number of nitrogens with zero attached hydrogens (tertiary/aromatic N) is 1. The number of likely N-dealkylation sites (N-methyl/N-ethyl adjacent to an activating group) is 1. The Morgan fingerprint density at radius 2 is 2.10 bits per heavy atom. The van der Waals surface area contributed by atoms with Crippen LogP contribution in [0.5, 0.6) is 0 Å². The van der Waals surface area contributed by atoms with Crippen LogP contribution in [-0.2, 0) is 9.53 Å². The fourth-order valence-corrected chi connectivity index (χ4v) is 3.38. The van der Waals surface area contributed by atoms with Gasteiger partial charge in [0, 0.05) is 17.4 Å². The normalized spacial score (nSPS) is 23.2. The van der Waals surface area contributed by atoms with Crippen LogP contribution >= 0.6 is 11.8 Å². The van der Waals surface area contributed by atoms with Gasteiger partial charge in [-0.15, -0.1) is 0 Å². The summed E-state index contributed by atoms with van der Waals surface area (Å²) in [7, 11) is 1.98. The number of thioether (sulfide) groups is 1. The van der Waals surface area contributed by atoms with E-state index in [2.05, 4.69) is 30.0 Å². The van der Waals surface area contributed by atoms with Crippen molar-refractivity contribution in [2.24, 2.45) is 0 Å². The van der Waals surface area contributed by atoms with Gasteiger partial charge >= 0.3 is 5.97 Å². The summed E-state index contributed by atoms with van der Waals surface area (Å²) in [5, 5.41) is 0. The molecule has 2 atom stereocenters. The molecule has 4 heteroatoms. The summed E-state index contributed by atoms with van der Waals surface area (Å²) in [6.07, 6.45) is 2.95. The zero-order valence-electron chi connectivity index (χ0n) is 12.2. The van der Waals surface area contributed by atoms with E-state index in [1.54, 1.807) is 11.8 Å². The monoisotopic (exact) mass is 291 g/mol. The van der Waals surface area contributed by atoms with Gasteiger partial charge in [-0.1, -0.05) is 36.0 Å². The number of esters is 1. The number of carbonyl (C=O) groups is 1. The Morgan fingerprint density at radius 1 is 1.40 bits per heavy atom. The summed E-state index contributed by atoms with van der Waals surface area (Å²) < 4.78 is 5.18. The molecule has 0 spiro atoms. The number of hydrogen-bond acceptors (Lipinski definition) is 4. The molecule has 0 fully saturated rings. The van der Waals surface area contributed by atoms with E-state index in [9.17, 15) is 4.79 Å². The van der Waals surface area contributed by atoms with Gasteiger partial charge in [-0.2, -0.15) is 0 Å². The molecule has 0 bridgehead atoms. The minimum absolute atomic E-state index is 0.124. The molecule has 0 N–H and O–H groups in total. The quantitative estimate of drug-likeness (QED) is 0.796. The fraction of sp³-hybridized carbons (Fsp3) is 0.438. The molecule has 0 amide bonds. The van der Waals surface area contributed by atoms with Crippen molar-refractivity contribution >= 4 is 17.7 Å². The molecule has 1 aliphatic rings. The predicted octanol–water partition coefficient (Wildman–Crippen LogP) is 3.32. The molecule has 1 heterocycles. The van der Waals surface area contributed by atoms with E-state index in [1.807, 2.05) is 32.2 Å². The molecule has 0 aliphatic carbocycles. The summed E-state index contributed by atoms with van der Waals surface area (Å²) in [5.74, 6) is -0.124. The third kappa shape index (κ3) is 3.64. The number of ether oxygens (including phenoxy) is 1. The van der Waals surface area contributed by atoms with Crippen molar-refractivity contribution in [3.05, 3.63) is 41.3 Å². The highest BCUT2D eigenvalue weighted by molar-refractivity contribution is 8.03. The first-order valence-corrected chi connectivity index (χ1v) is 7.75. The van der Waals surface area contributed by atoms with Crippen LogP contribution in [0.4, 0.5) is 0 Å². The van der Waals surface area contributed by atoms with E-state index in [1.165, 1.54) is 9.80 Å². The van der Waals surface area contributed by atoms with Crippen LogP contribution in [0.15, 0.2) is 46.2 Å². The highest BCUT2D eigenvalue weighted by atomic mass is 32.2. The summed E-state index contributed by atoms with van der Waals surface area (Å²) in [6, 6.07) is 10.3. The highest BCUT2D eigenvalue weighted by Crippen LogP contribution is 2.34.